The highest BCUT2D eigenvalue weighted by Gasteiger charge is 2.52. The number of piperidine rings is 1. The molecule has 0 radical (unpaired) electrons. The smallest absolute Gasteiger partial charge is 0.326 e. The number of likely N-dealkylation sites (tertiary alicyclic amines) is 1. The number of nitrogens with one attached hydrogen (secondary N) is 1. The molecule has 8 nitrogen and oxygen atoms in total. The molecule has 136 valence electrons. The Labute approximate surface area is 142 Å². The number of nitrogens with zero attached hydrogens (tertiary/aromatic N) is 2. The minimum Gasteiger partial charge on any atom is -0.462 e. The second kappa shape index (κ2) is 7.94. The number of carbonyl (C=O) groups excluding carboxylic acids is 3. The summed E-state index contributed by atoms with van der Waals surface area (Å²) in [7, 11) is 1.50. The van der Waals surface area contributed by atoms with E-state index in [4.69, 9.17) is 9.47 Å². The molecule has 0 aliphatic carbocycles. The van der Waals surface area contributed by atoms with E-state index < -0.39 is 17.5 Å². The molecule has 2 aliphatic heterocycles. The van der Waals surface area contributed by atoms with Gasteiger partial charge in [-0.2, -0.15) is 0 Å². The summed E-state index contributed by atoms with van der Waals surface area (Å²) in [6.45, 7) is 6.84. The number of imide groups is 1. The van der Waals surface area contributed by atoms with Gasteiger partial charge in [-0.25, -0.2) is 4.79 Å². The maximum absolute atomic E-state index is 12.7. The molecular formula is C16H27N3O5. The topological polar surface area (TPSA) is 88.2 Å². The van der Waals surface area contributed by atoms with Gasteiger partial charge in [0.05, 0.1) is 6.61 Å². The summed E-state index contributed by atoms with van der Waals surface area (Å²) in [4.78, 5) is 39.8. The Kier molecular flexibility index (Phi) is 6.17. The number of hydrogen-bond acceptors (Lipinski definition) is 6. The van der Waals surface area contributed by atoms with E-state index in [0.717, 1.165) is 24.5 Å². The van der Waals surface area contributed by atoms with E-state index in [1.165, 1.54) is 7.11 Å². The summed E-state index contributed by atoms with van der Waals surface area (Å²) >= 11 is 0. The van der Waals surface area contributed by atoms with E-state index in [1.54, 1.807) is 0 Å². The largest absolute Gasteiger partial charge is 0.462 e. The third kappa shape index (κ3) is 4.24. The average Bonchev–Trinajstić information content (AvgIpc) is 2.74. The first-order chi connectivity index (χ1) is 11.4. The Morgan fingerprint density at radius 2 is 1.92 bits per heavy atom. The molecule has 0 aromatic heterocycles. The molecular weight excluding hydrogens is 314 g/mol. The lowest BCUT2D eigenvalue weighted by molar-refractivity contribution is -0.149. The molecule has 0 saturated carbocycles. The van der Waals surface area contributed by atoms with Crippen molar-refractivity contribution in [3.63, 3.8) is 0 Å². The molecule has 2 aliphatic rings. The SMILES string of the molecule is COCCOC(=O)CN1C(=O)NC2(CCN(CC(C)C)CC2)C1=O. The molecule has 2 saturated heterocycles. The van der Waals surface area contributed by atoms with Gasteiger partial charge in [-0.3, -0.25) is 14.5 Å². The first-order valence-electron chi connectivity index (χ1n) is 8.39. The zero-order valence-corrected chi connectivity index (χ0v) is 14.7. The van der Waals surface area contributed by atoms with Gasteiger partial charge >= 0.3 is 12.0 Å². The van der Waals surface area contributed by atoms with Crippen molar-refractivity contribution in [2.24, 2.45) is 5.92 Å². The van der Waals surface area contributed by atoms with Gasteiger partial charge in [-0.1, -0.05) is 13.8 Å². The van der Waals surface area contributed by atoms with Gasteiger partial charge in [-0.05, 0) is 18.8 Å². The van der Waals surface area contributed by atoms with Crippen molar-refractivity contribution >= 4 is 17.9 Å². The summed E-state index contributed by atoms with van der Waals surface area (Å²) in [5.74, 6) is -0.364. The van der Waals surface area contributed by atoms with Gasteiger partial charge in [0.2, 0.25) is 0 Å². The molecule has 1 N–H and O–H groups in total. The van der Waals surface area contributed by atoms with Gasteiger partial charge in [0.15, 0.2) is 0 Å². The molecule has 0 aromatic rings. The van der Waals surface area contributed by atoms with Gasteiger partial charge in [0, 0.05) is 26.7 Å². The first-order valence-corrected chi connectivity index (χ1v) is 8.39. The summed E-state index contributed by atoms with van der Waals surface area (Å²) in [5, 5.41) is 2.79. The van der Waals surface area contributed by atoms with E-state index in [9.17, 15) is 14.4 Å². The Morgan fingerprint density at radius 3 is 2.50 bits per heavy atom. The number of rotatable bonds is 7. The molecule has 0 aromatic carbocycles. The number of urea groups is 1. The number of carbonyl (C=O) groups is 3. The van der Waals surface area contributed by atoms with Crippen molar-refractivity contribution in [3.05, 3.63) is 0 Å². The zero-order valence-electron chi connectivity index (χ0n) is 14.7. The molecule has 24 heavy (non-hydrogen) atoms. The normalized spacial score (nSPS) is 20.8. The highest BCUT2D eigenvalue weighted by atomic mass is 16.6. The summed E-state index contributed by atoms with van der Waals surface area (Å²) in [6.07, 6.45) is 1.14. The molecule has 0 unspecified atom stereocenters. The van der Waals surface area contributed by atoms with E-state index >= 15 is 0 Å². The maximum atomic E-state index is 12.7. The summed E-state index contributed by atoms with van der Waals surface area (Å²) in [5.41, 5.74) is -0.864. The fourth-order valence-corrected chi connectivity index (χ4v) is 3.21. The van der Waals surface area contributed by atoms with Crippen LogP contribution in [-0.4, -0.2) is 79.7 Å². The maximum Gasteiger partial charge on any atom is 0.326 e. The minimum atomic E-state index is -0.864. The summed E-state index contributed by atoms with van der Waals surface area (Å²) < 4.78 is 9.72. The van der Waals surface area contributed by atoms with Gasteiger partial charge in [-0.15, -0.1) is 0 Å². The standard InChI is InChI=1S/C16H27N3O5/c1-12(2)10-18-6-4-16(5-7-18)14(21)19(15(22)17-16)11-13(20)24-9-8-23-3/h12H,4-11H2,1-3H3,(H,17,22). The Hall–Kier alpha value is -1.67. The number of ether oxygens (including phenoxy) is 2. The van der Waals surface area contributed by atoms with Crippen LogP contribution in [-0.2, 0) is 19.1 Å². The quantitative estimate of drug-likeness (QED) is 0.405. The van der Waals surface area contributed by atoms with Crippen molar-refractivity contribution in [1.29, 1.82) is 0 Å². The first kappa shape index (κ1) is 18.7. The third-order valence-corrected chi connectivity index (χ3v) is 4.42. The average molecular weight is 341 g/mol. The third-order valence-electron chi connectivity index (χ3n) is 4.42. The van der Waals surface area contributed by atoms with Crippen LogP contribution in [0.15, 0.2) is 0 Å². The van der Waals surface area contributed by atoms with Gasteiger partial charge in [0.1, 0.15) is 18.7 Å². The van der Waals surface area contributed by atoms with Crippen LogP contribution in [0.4, 0.5) is 4.79 Å². The lowest BCUT2D eigenvalue weighted by atomic mass is 9.87. The second-order valence-corrected chi connectivity index (χ2v) is 6.81. The predicted octanol–water partition coefficient (Wildman–Crippen LogP) is 0.218. The van der Waals surface area contributed by atoms with Crippen molar-refractivity contribution in [1.82, 2.24) is 15.1 Å². The number of methoxy groups -OCH3 is 1. The second-order valence-electron chi connectivity index (χ2n) is 6.81. The van der Waals surface area contributed by atoms with E-state index in [-0.39, 0.29) is 25.7 Å². The van der Waals surface area contributed by atoms with Crippen molar-refractivity contribution in [2.75, 3.05) is 46.5 Å². The van der Waals surface area contributed by atoms with Crippen LogP contribution in [0.2, 0.25) is 0 Å². The highest BCUT2D eigenvalue weighted by Crippen LogP contribution is 2.29. The molecule has 1 spiro atoms. The molecule has 0 atom stereocenters. The van der Waals surface area contributed by atoms with Crippen LogP contribution in [0, 0.1) is 5.92 Å². The fraction of sp³-hybridized carbons (Fsp3) is 0.812. The number of hydrogen-bond donors (Lipinski definition) is 1. The van der Waals surface area contributed by atoms with E-state index in [0.29, 0.717) is 18.8 Å². The van der Waals surface area contributed by atoms with Gasteiger partial charge in [0.25, 0.3) is 5.91 Å². The van der Waals surface area contributed by atoms with Crippen LogP contribution in [0.5, 0.6) is 0 Å². The van der Waals surface area contributed by atoms with Crippen LogP contribution in [0.3, 0.4) is 0 Å². The lowest BCUT2D eigenvalue weighted by Gasteiger charge is -2.37. The number of esters is 1. The molecule has 0 bridgehead atoms. The Morgan fingerprint density at radius 1 is 1.25 bits per heavy atom. The molecule has 2 rings (SSSR count). The monoisotopic (exact) mass is 341 g/mol. The van der Waals surface area contributed by atoms with Gasteiger partial charge < -0.3 is 19.7 Å². The molecule has 8 heteroatoms. The fourth-order valence-electron chi connectivity index (χ4n) is 3.21. The molecule has 2 fully saturated rings. The van der Waals surface area contributed by atoms with Crippen LogP contribution < -0.4 is 5.32 Å². The van der Waals surface area contributed by atoms with Crippen LogP contribution in [0.1, 0.15) is 26.7 Å². The Balaban J connectivity index is 1.90. The van der Waals surface area contributed by atoms with Crippen LogP contribution in [0.25, 0.3) is 0 Å². The van der Waals surface area contributed by atoms with E-state index in [2.05, 4.69) is 24.1 Å². The summed E-state index contributed by atoms with van der Waals surface area (Å²) in [6, 6.07) is -0.513. The highest BCUT2D eigenvalue weighted by molar-refractivity contribution is 6.08. The zero-order chi connectivity index (χ0) is 17.7. The predicted molar refractivity (Wildman–Crippen MR) is 86.3 cm³/mol. The molecule has 3 amide bonds. The molecule has 2 heterocycles. The number of amides is 3. The van der Waals surface area contributed by atoms with Crippen molar-refractivity contribution in [3.8, 4) is 0 Å². The van der Waals surface area contributed by atoms with Crippen molar-refractivity contribution in [2.45, 2.75) is 32.2 Å². The minimum absolute atomic E-state index is 0.105. The van der Waals surface area contributed by atoms with Crippen molar-refractivity contribution < 1.29 is 23.9 Å². The lowest BCUT2D eigenvalue weighted by Crippen LogP contribution is -2.55. The van der Waals surface area contributed by atoms with Crippen LogP contribution >= 0.6 is 0 Å². The Bertz CT molecular complexity index is 486. The van der Waals surface area contributed by atoms with E-state index in [1.807, 2.05) is 0 Å².